The predicted molar refractivity (Wildman–Crippen MR) is 63.2 cm³/mol. The van der Waals surface area contributed by atoms with E-state index in [1.165, 1.54) is 32.6 Å². The number of nitrogens with zero attached hydrogens (tertiary/aromatic N) is 1. The first-order valence-corrected chi connectivity index (χ1v) is 6.24. The fourth-order valence-corrected chi connectivity index (χ4v) is 3.01. The van der Waals surface area contributed by atoms with Gasteiger partial charge in [-0.15, -0.1) is 0 Å². The number of rotatable bonds is 1. The summed E-state index contributed by atoms with van der Waals surface area (Å²) in [6.45, 7) is 1.52. The van der Waals surface area contributed by atoms with E-state index >= 15 is 0 Å². The molecule has 2 unspecified atom stereocenters. The van der Waals surface area contributed by atoms with Crippen LogP contribution in [-0.2, 0) is 9.53 Å². The number of ether oxygens (including phenoxy) is 1. The van der Waals surface area contributed by atoms with Crippen molar-refractivity contribution < 1.29 is 14.5 Å². The van der Waals surface area contributed by atoms with Gasteiger partial charge in [0.25, 0.3) is 0 Å². The summed E-state index contributed by atoms with van der Waals surface area (Å²) in [5.74, 6) is 1.61. The van der Waals surface area contributed by atoms with Crippen LogP contribution in [0.15, 0.2) is 0 Å². The Labute approximate surface area is 102 Å². The van der Waals surface area contributed by atoms with Crippen LogP contribution in [0.5, 0.6) is 0 Å². The molecule has 0 saturated heterocycles. The Bertz CT molecular complexity index is 262. The molecule has 98 valence electrons. The standard InChI is InChI=1S/C11H18O2.CH3NO2/c1-8(12)13-11-6-9-4-2-3-5-10(9)7-11;1-2(3)4/h9-11H,2-7H2,1H3;1H3. The first-order chi connectivity index (χ1) is 7.99. The SMILES string of the molecule is CC(=O)OC1CC2CCCCC2C1.C[N+](=O)[O-]. The minimum atomic E-state index is -0.500. The Hall–Kier alpha value is -1.13. The van der Waals surface area contributed by atoms with Gasteiger partial charge in [-0.1, -0.05) is 25.7 Å². The lowest BCUT2D eigenvalue weighted by molar-refractivity contribution is -0.445. The highest BCUT2D eigenvalue weighted by Crippen LogP contribution is 2.43. The van der Waals surface area contributed by atoms with Crippen LogP contribution < -0.4 is 0 Å². The second kappa shape index (κ2) is 6.57. The summed E-state index contributed by atoms with van der Waals surface area (Å²) >= 11 is 0. The highest BCUT2D eigenvalue weighted by atomic mass is 16.6. The van der Waals surface area contributed by atoms with Gasteiger partial charge >= 0.3 is 5.97 Å². The number of hydrogen-bond donors (Lipinski definition) is 0. The molecule has 2 fully saturated rings. The first kappa shape index (κ1) is 13.9. The molecule has 0 N–H and O–H groups in total. The molecule has 2 rings (SSSR count). The third-order valence-electron chi connectivity index (χ3n) is 3.53. The van der Waals surface area contributed by atoms with Gasteiger partial charge in [0.2, 0.25) is 0 Å². The van der Waals surface area contributed by atoms with Gasteiger partial charge in [-0.25, -0.2) is 0 Å². The number of fused-ring (bicyclic) bond motifs is 1. The van der Waals surface area contributed by atoms with Crippen LogP contribution in [0.25, 0.3) is 0 Å². The zero-order chi connectivity index (χ0) is 12.8. The second-order valence-corrected chi connectivity index (χ2v) is 4.95. The van der Waals surface area contributed by atoms with Gasteiger partial charge in [0.05, 0.1) is 0 Å². The topological polar surface area (TPSA) is 69.4 Å². The van der Waals surface area contributed by atoms with Crippen molar-refractivity contribution in [2.75, 3.05) is 7.05 Å². The summed E-state index contributed by atoms with van der Waals surface area (Å²) in [6, 6.07) is 0. The second-order valence-electron chi connectivity index (χ2n) is 4.95. The van der Waals surface area contributed by atoms with E-state index in [9.17, 15) is 4.79 Å². The molecule has 5 nitrogen and oxygen atoms in total. The van der Waals surface area contributed by atoms with Crippen LogP contribution in [0.1, 0.15) is 45.4 Å². The monoisotopic (exact) mass is 243 g/mol. The van der Waals surface area contributed by atoms with E-state index < -0.39 is 4.92 Å². The van der Waals surface area contributed by atoms with E-state index in [-0.39, 0.29) is 12.1 Å². The molecule has 0 bridgehead atoms. The predicted octanol–water partition coefficient (Wildman–Crippen LogP) is 2.41. The maximum Gasteiger partial charge on any atom is 0.302 e. The quantitative estimate of drug-likeness (QED) is 0.403. The van der Waals surface area contributed by atoms with Gasteiger partial charge in [-0.3, -0.25) is 14.9 Å². The van der Waals surface area contributed by atoms with Crippen LogP contribution in [0.4, 0.5) is 0 Å². The van der Waals surface area contributed by atoms with Crippen LogP contribution in [0.2, 0.25) is 0 Å². The Morgan fingerprint density at radius 1 is 1.24 bits per heavy atom. The molecule has 2 aliphatic carbocycles. The van der Waals surface area contributed by atoms with Crippen molar-refractivity contribution in [3.8, 4) is 0 Å². The average molecular weight is 243 g/mol. The molecule has 0 aliphatic heterocycles. The van der Waals surface area contributed by atoms with Crippen molar-refractivity contribution in [2.24, 2.45) is 11.8 Å². The maximum atomic E-state index is 10.8. The molecule has 0 spiro atoms. The number of carbonyl (C=O) groups is 1. The number of hydrogen-bond acceptors (Lipinski definition) is 4. The summed E-state index contributed by atoms with van der Waals surface area (Å²) in [6.07, 6.45) is 7.99. The molecule has 0 amide bonds. The number of nitro groups is 1. The smallest absolute Gasteiger partial charge is 0.302 e. The summed E-state index contributed by atoms with van der Waals surface area (Å²) in [5.41, 5.74) is 0. The van der Waals surface area contributed by atoms with Gasteiger partial charge in [-0.05, 0) is 24.7 Å². The Kier molecular flexibility index (Phi) is 5.38. The summed E-state index contributed by atoms with van der Waals surface area (Å²) < 4.78 is 5.26. The van der Waals surface area contributed by atoms with E-state index in [0.29, 0.717) is 0 Å². The Balaban J connectivity index is 0.000000317. The molecule has 0 radical (unpaired) electrons. The molecule has 2 saturated carbocycles. The summed E-state index contributed by atoms with van der Waals surface area (Å²) in [5, 5.41) is 8.81. The van der Waals surface area contributed by atoms with Crippen molar-refractivity contribution in [3.63, 3.8) is 0 Å². The van der Waals surface area contributed by atoms with E-state index in [4.69, 9.17) is 14.9 Å². The van der Waals surface area contributed by atoms with Gasteiger partial charge in [0.1, 0.15) is 6.10 Å². The normalized spacial score (nSPS) is 30.8. The molecule has 0 aromatic carbocycles. The molecule has 0 aromatic rings. The summed E-state index contributed by atoms with van der Waals surface area (Å²) in [4.78, 5) is 19.1. The molecule has 0 aromatic heterocycles. The lowest BCUT2D eigenvalue weighted by Gasteiger charge is -2.23. The maximum absolute atomic E-state index is 10.8. The molecule has 0 heterocycles. The Morgan fingerprint density at radius 3 is 2.00 bits per heavy atom. The van der Waals surface area contributed by atoms with Gasteiger partial charge in [-0.2, -0.15) is 0 Å². The van der Waals surface area contributed by atoms with E-state index in [2.05, 4.69) is 0 Å². The average Bonchev–Trinajstić information content (AvgIpc) is 2.57. The minimum Gasteiger partial charge on any atom is -0.463 e. The molecule has 17 heavy (non-hydrogen) atoms. The molecule has 2 atom stereocenters. The fourth-order valence-electron chi connectivity index (χ4n) is 3.01. The van der Waals surface area contributed by atoms with Crippen molar-refractivity contribution >= 4 is 5.97 Å². The number of carbonyl (C=O) groups excluding carboxylic acids is 1. The van der Waals surface area contributed by atoms with E-state index in [0.717, 1.165) is 31.7 Å². The van der Waals surface area contributed by atoms with Crippen LogP contribution in [0.3, 0.4) is 0 Å². The van der Waals surface area contributed by atoms with Gasteiger partial charge in [0, 0.05) is 11.8 Å². The van der Waals surface area contributed by atoms with Crippen molar-refractivity contribution in [3.05, 3.63) is 10.1 Å². The van der Waals surface area contributed by atoms with E-state index in [1.54, 1.807) is 0 Å². The fraction of sp³-hybridized carbons (Fsp3) is 0.917. The molecule has 2 aliphatic rings. The van der Waals surface area contributed by atoms with Crippen LogP contribution >= 0.6 is 0 Å². The summed E-state index contributed by atoms with van der Waals surface area (Å²) in [7, 11) is 0.889. The number of esters is 1. The first-order valence-electron chi connectivity index (χ1n) is 6.24. The van der Waals surface area contributed by atoms with Crippen molar-refractivity contribution in [2.45, 2.75) is 51.6 Å². The molecular weight excluding hydrogens is 222 g/mol. The third-order valence-corrected chi connectivity index (χ3v) is 3.53. The lowest BCUT2D eigenvalue weighted by Crippen LogP contribution is -2.12. The van der Waals surface area contributed by atoms with Crippen molar-refractivity contribution in [1.82, 2.24) is 0 Å². The Morgan fingerprint density at radius 2 is 1.65 bits per heavy atom. The molecule has 5 heteroatoms. The van der Waals surface area contributed by atoms with E-state index in [1.807, 2.05) is 0 Å². The molecular formula is C12H21NO4. The zero-order valence-corrected chi connectivity index (χ0v) is 10.6. The van der Waals surface area contributed by atoms with Gasteiger partial charge in [0.15, 0.2) is 7.05 Å². The minimum absolute atomic E-state index is 0.108. The highest BCUT2D eigenvalue weighted by Gasteiger charge is 2.36. The largest absolute Gasteiger partial charge is 0.463 e. The van der Waals surface area contributed by atoms with Gasteiger partial charge < -0.3 is 4.74 Å². The van der Waals surface area contributed by atoms with Crippen LogP contribution in [0, 0.1) is 22.0 Å². The third kappa shape index (κ3) is 5.15. The highest BCUT2D eigenvalue weighted by molar-refractivity contribution is 5.66. The van der Waals surface area contributed by atoms with Crippen molar-refractivity contribution in [1.29, 1.82) is 0 Å². The zero-order valence-electron chi connectivity index (χ0n) is 10.6. The van der Waals surface area contributed by atoms with Crippen LogP contribution in [-0.4, -0.2) is 24.0 Å². The lowest BCUT2D eigenvalue weighted by atomic mass is 9.82.